The number of carboxylic acids is 1. The van der Waals surface area contributed by atoms with Crippen LogP contribution in [0.15, 0.2) is 109 Å². The molecule has 0 amide bonds. The van der Waals surface area contributed by atoms with E-state index >= 15 is 0 Å². The summed E-state index contributed by atoms with van der Waals surface area (Å²) in [6.07, 6.45) is 1.80. The second kappa shape index (κ2) is 14.0. The van der Waals surface area contributed by atoms with Crippen LogP contribution in [-0.4, -0.2) is 69.0 Å². The lowest BCUT2D eigenvalue weighted by Gasteiger charge is -2.35. The second-order valence-corrected chi connectivity index (χ2v) is 11.5. The first-order chi connectivity index (χ1) is 21.6. The molecule has 1 saturated heterocycles. The van der Waals surface area contributed by atoms with E-state index in [1.54, 1.807) is 18.0 Å². The van der Waals surface area contributed by atoms with E-state index in [9.17, 15) is 9.90 Å². The van der Waals surface area contributed by atoms with Crippen LogP contribution in [-0.2, 0) is 10.5 Å². The average molecular weight is 604 g/mol. The molecule has 222 valence electrons. The van der Waals surface area contributed by atoms with Crippen LogP contribution in [0.5, 0.6) is 0 Å². The van der Waals surface area contributed by atoms with E-state index in [0.717, 1.165) is 41.2 Å². The molecule has 0 unspecified atom stereocenters. The van der Waals surface area contributed by atoms with E-state index in [1.165, 1.54) is 0 Å². The number of nitrogens with zero attached hydrogens (tertiary/aromatic N) is 6. The number of hydrogen-bond donors (Lipinski definition) is 2. The number of hydrogen-bond acceptors (Lipinski definition) is 9. The van der Waals surface area contributed by atoms with Gasteiger partial charge in [-0.05, 0) is 28.8 Å². The lowest BCUT2D eigenvalue weighted by molar-refractivity contribution is -0.137. The Hall–Kier alpha value is -4.96. The molecule has 1 fully saturated rings. The summed E-state index contributed by atoms with van der Waals surface area (Å²) in [6.45, 7) is 2.92. The summed E-state index contributed by atoms with van der Waals surface area (Å²) in [5, 5.41) is 13.1. The van der Waals surface area contributed by atoms with Crippen LogP contribution in [0.3, 0.4) is 0 Å². The summed E-state index contributed by atoms with van der Waals surface area (Å²) in [7, 11) is 0. The highest BCUT2D eigenvalue weighted by Gasteiger charge is 2.24. The molecule has 0 bridgehead atoms. The first-order valence-electron chi connectivity index (χ1n) is 14.6. The summed E-state index contributed by atoms with van der Waals surface area (Å²) in [5.74, 6) is 2.32. The molecule has 2 N–H and O–H groups in total. The van der Waals surface area contributed by atoms with Crippen molar-refractivity contribution in [3.63, 3.8) is 0 Å². The number of carbonyl (C=O) groups is 1. The number of carboxylic acid groups (broad SMARTS) is 1. The Balaban J connectivity index is 1.24. The molecule has 0 aliphatic carbocycles. The number of aliphatic carboxylic acids is 1. The van der Waals surface area contributed by atoms with Gasteiger partial charge >= 0.3 is 5.97 Å². The summed E-state index contributed by atoms with van der Waals surface area (Å²) in [6, 6.07) is 33.3. The van der Waals surface area contributed by atoms with Gasteiger partial charge in [-0.2, -0.15) is 26.7 Å². The molecule has 0 radical (unpaired) electrons. The Bertz CT molecular complexity index is 1650. The predicted molar refractivity (Wildman–Crippen MR) is 177 cm³/mol. The van der Waals surface area contributed by atoms with Gasteiger partial charge in [-0.25, -0.2) is 9.78 Å². The number of pyridine rings is 1. The highest BCUT2D eigenvalue weighted by molar-refractivity contribution is 7.98. The van der Waals surface area contributed by atoms with Crippen molar-refractivity contribution in [3.8, 4) is 22.5 Å². The number of piperazine rings is 1. The van der Waals surface area contributed by atoms with Gasteiger partial charge in [0.25, 0.3) is 0 Å². The number of rotatable bonds is 11. The smallest absolute Gasteiger partial charge is 0.327 e. The first-order valence-corrected chi connectivity index (χ1v) is 15.7. The zero-order valence-corrected chi connectivity index (χ0v) is 25.0. The number of aromatic nitrogens is 4. The molecule has 5 aromatic rings. The minimum Gasteiger partial charge on any atom is -0.480 e. The Kier molecular flexibility index (Phi) is 9.27. The van der Waals surface area contributed by atoms with Gasteiger partial charge in [-0.1, -0.05) is 91.0 Å². The maximum atomic E-state index is 12.3. The van der Waals surface area contributed by atoms with Gasteiger partial charge in [-0.15, -0.1) is 0 Å². The van der Waals surface area contributed by atoms with Gasteiger partial charge in [0, 0.05) is 49.4 Å². The minimum atomic E-state index is -0.953. The monoisotopic (exact) mass is 603 g/mol. The third kappa shape index (κ3) is 7.33. The molecule has 1 atom stereocenters. The molecule has 3 heterocycles. The molecule has 44 heavy (non-hydrogen) atoms. The lowest BCUT2D eigenvalue weighted by Crippen LogP contribution is -2.47. The molecule has 3 aromatic carbocycles. The van der Waals surface area contributed by atoms with Crippen LogP contribution in [0, 0.1) is 0 Å². The van der Waals surface area contributed by atoms with Crippen LogP contribution in [0.1, 0.15) is 5.56 Å². The highest BCUT2D eigenvalue weighted by Crippen LogP contribution is 2.26. The fourth-order valence-electron chi connectivity index (χ4n) is 5.02. The minimum absolute atomic E-state index is 0.247. The molecular formula is C34H33N7O2S. The van der Waals surface area contributed by atoms with E-state index < -0.39 is 12.0 Å². The largest absolute Gasteiger partial charge is 0.480 e. The topological polar surface area (TPSA) is 107 Å². The number of nitrogens with one attached hydrogen (secondary N) is 1. The van der Waals surface area contributed by atoms with Gasteiger partial charge in [0.1, 0.15) is 11.9 Å². The maximum absolute atomic E-state index is 12.3. The fraction of sp³-hybridized carbons (Fsp3) is 0.206. The normalized spacial score (nSPS) is 13.8. The van der Waals surface area contributed by atoms with E-state index in [-0.39, 0.29) is 5.95 Å². The van der Waals surface area contributed by atoms with Crippen LogP contribution in [0.2, 0.25) is 0 Å². The summed E-state index contributed by atoms with van der Waals surface area (Å²) in [5.41, 5.74) is 4.19. The zero-order chi connectivity index (χ0) is 30.1. The van der Waals surface area contributed by atoms with Crippen molar-refractivity contribution in [1.82, 2.24) is 19.9 Å². The highest BCUT2D eigenvalue weighted by atomic mass is 32.2. The lowest BCUT2D eigenvalue weighted by atomic mass is 10.0. The molecule has 10 heteroatoms. The quantitative estimate of drug-likeness (QED) is 0.195. The van der Waals surface area contributed by atoms with E-state index in [2.05, 4.69) is 32.2 Å². The Morgan fingerprint density at radius 1 is 0.750 bits per heavy atom. The van der Waals surface area contributed by atoms with Crippen LogP contribution >= 0.6 is 11.8 Å². The van der Waals surface area contributed by atoms with Crippen molar-refractivity contribution in [2.24, 2.45) is 0 Å². The Morgan fingerprint density at radius 2 is 1.39 bits per heavy atom. The van der Waals surface area contributed by atoms with Crippen molar-refractivity contribution < 1.29 is 9.90 Å². The van der Waals surface area contributed by atoms with Gasteiger partial charge < -0.3 is 20.2 Å². The average Bonchev–Trinajstić information content (AvgIpc) is 3.09. The molecule has 9 nitrogen and oxygen atoms in total. The second-order valence-electron chi connectivity index (χ2n) is 10.4. The molecule has 1 aliphatic heterocycles. The maximum Gasteiger partial charge on any atom is 0.327 e. The van der Waals surface area contributed by atoms with Gasteiger partial charge in [-0.3, -0.25) is 0 Å². The SMILES string of the molecule is O=C(O)[C@H](CSCc1ccccc1)Nc1nc(-c2ccc(-c3ccccc3)cc2)nc(N2CCN(c3ccccn3)CC2)n1. The van der Waals surface area contributed by atoms with E-state index in [4.69, 9.17) is 15.0 Å². The number of thioether (sulfide) groups is 1. The molecular weight excluding hydrogens is 570 g/mol. The zero-order valence-electron chi connectivity index (χ0n) is 24.2. The first kappa shape index (κ1) is 29.1. The molecule has 0 saturated carbocycles. The van der Waals surface area contributed by atoms with Crippen molar-refractivity contribution in [2.45, 2.75) is 11.8 Å². The number of anilines is 3. The van der Waals surface area contributed by atoms with Gasteiger partial charge in [0.2, 0.25) is 11.9 Å². The third-order valence-electron chi connectivity index (χ3n) is 7.41. The van der Waals surface area contributed by atoms with E-state index in [1.807, 2.05) is 91.0 Å². The van der Waals surface area contributed by atoms with Crippen LogP contribution in [0.25, 0.3) is 22.5 Å². The fourth-order valence-corrected chi connectivity index (χ4v) is 6.03. The van der Waals surface area contributed by atoms with Crippen molar-refractivity contribution in [3.05, 3.63) is 115 Å². The van der Waals surface area contributed by atoms with Crippen LogP contribution in [0.4, 0.5) is 17.7 Å². The van der Waals surface area contributed by atoms with E-state index in [0.29, 0.717) is 36.4 Å². The third-order valence-corrected chi connectivity index (χ3v) is 8.51. The van der Waals surface area contributed by atoms with Crippen molar-refractivity contribution in [2.75, 3.05) is 47.0 Å². The van der Waals surface area contributed by atoms with Crippen LogP contribution < -0.4 is 15.1 Å². The predicted octanol–water partition coefficient (Wildman–Crippen LogP) is 5.73. The molecule has 0 spiro atoms. The van der Waals surface area contributed by atoms with Crippen molar-refractivity contribution in [1.29, 1.82) is 0 Å². The Morgan fingerprint density at radius 3 is 2.07 bits per heavy atom. The van der Waals surface area contributed by atoms with Gasteiger partial charge in [0.05, 0.1) is 0 Å². The molecule has 2 aromatic heterocycles. The summed E-state index contributed by atoms with van der Waals surface area (Å²) < 4.78 is 0. The summed E-state index contributed by atoms with van der Waals surface area (Å²) in [4.78, 5) is 35.4. The Labute approximate surface area is 261 Å². The summed E-state index contributed by atoms with van der Waals surface area (Å²) >= 11 is 1.56. The standard InChI is InChI=1S/C34H33N7O2S/c42-32(43)29(24-44-23-25-9-3-1-4-10-25)36-33-37-31(28-16-14-27(15-17-28)26-11-5-2-6-12-26)38-34(39-33)41-21-19-40(20-22-41)30-13-7-8-18-35-30/h1-18,29H,19-24H2,(H,42,43)(H,36,37,38,39)/t29-/m0/s1. The van der Waals surface area contributed by atoms with Crippen molar-refractivity contribution >= 4 is 35.4 Å². The van der Waals surface area contributed by atoms with Gasteiger partial charge in [0.15, 0.2) is 5.82 Å². The number of benzene rings is 3. The molecule has 6 rings (SSSR count). The molecule has 1 aliphatic rings.